The second kappa shape index (κ2) is 10.6. The van der Waals surface area contributed by atoms with Gasteiger partial charge in [0.2, 0.25) is 5.91 Å². The van der Waals surface area contributed by atoms with Crippen LogP contribution in [0.3, 0.4) is 0 Å². The highest BCUT2D eigenvalue weighted by atomic mass is 35.5. The van der Waals surface area contributed by atoms with E-state index >= 15 is 0 Å². The Bertz CT molecular complexity index is 1010. The summed E-state index contributed by atoms with van der Waals surface area (Å²) in [7, 11) is 0. The summed E-state index contributed by atoms with van der Waals surface area (Å²) in [4.78, 5) is 24.1. The number of benzene rings is 2. The maximum Gasteiger partial charge on any atom is 0.258 e. The molecule has 2 aromatic rings. The maximum atomic E-state index is 13.4. The van der Waals surface area contributed by atoms with Gasteiger partial charge in [0.15, 0.2) is 6.61 Å². The van der Waals surface area contributed by atoms with Crippen molar-refractivity contribution in [1.82, 2.24) is 10.6 Å². The highest BCUT2D eigenvalue weighted by Crippen LogP contribution is 2.28. The average molecular weight is 465 g/mol. The second-order valence-electron chi connectivity index (χ2n) is 7.65. The molecule has 0 spiro atoms. The van der Waals surface area contributed by atoms with Gasteiger partial charge in [0.25, 0.3) is 5.91 Å². The monoisotopic (exact) mass is 464 g/mol. The Balaban J connectivity index is 1.33. The van der Waals surface area contributed by atoms with Crippen LogP contribution in [0.2, 0.25) is 5.02 Å². The molecule has 0 aliphatic heterocycles. The standard InChI is InChI=1S/C23H23ClF2N2O4/c1-23(28-22(30)14-32-18-6-7-19(24)20(26)10-18)11-17(12-23)27-21(29)13-31-9-8-15-2-4-16(25)5-3-15/h2-7,10-11H,8-9,12-14H2,1H3,(H,27,29)(H,28,30). The van der Waals surface area contributed by atoms with Crippen LogP contribution in [0, 0.1) is 11.6 Å². The average Bonchev–Trinajstić information content (AvgIpc) is 2.72. The lowest BCUT2D eigenvalue weighted by Gasteiger charge is -2.37. The summed E-state index contributed by atoms with van der Waals surface area (Å²) in [6.45, 7) is 1.76. The lowest BCUT2D eigenvalue weighted by atomic mass is 9.84. The summed E-state index contributed by atoms with van der Waals surface area (Å²) in [5.41, 5.74) is 0.989. The summed E-state index contributed by atoms with van der Waals surface area (Å²) in [5, 5.41) is 5.50. The van der Waals surface area contributed by atoms with E-state index in [1.54, 1.807) is 18.2 Å². The third-order valence-corrected chi connectivity index (χ3v) is 5.02. The molecule has 0 aromatic heterocycles. The van der Waals surface area contributed by atoms with E-state index in [1.165, 1.54) is 24.3 Å². The van der Waals surface area contributed by atoms with Gasteiger partial charge in [-0.1, -0.05) is 23.7 Å². The Labute approximate surface area is 189 Å². The van der Waals surface area contributed by atoms with Crippen molar-refractivity contribution in [3.8, 4) is 5.75 Å². The molecule has 1 unspecified atom stereocenters. The van der Waals surface area contributed by atoms with Crippen LogP contribution in [-0.2, 0) is 20.7 Å². The summed E-state index contributed by atoms with van der Waals surface area (Å²) >= 11 is 5.61. The van der Waals surface area contributed by atoms with Crippen LogP contribution in [-0.4, -0.2) is 37.2 Å². The first-order chi connectivity index (χ1) is 15.2. The summed E-state index contributed by atoms with van der Waals surface area (Å²) < 4.78 is 36.9. The van der Waals surface area contributed by atoms with Crippen LogP contribution in [0.1, 0.15) is 18.9 Å². The number of carbonyl (C=O) groups excluding carboxylic acids is 2. The van der Waals surface area contributed by atoms with Crippen molar-refractivity contribution in [1.29, 1.82) is 0 Å². The number of hydrogen-bond donors (Lipinski definition) is 2. The van der Waals surface area contributed by atoms with Gasteiger partial charge >= 0.3 is 0 Å². The normalized spacial score (nSPS) is 17.2. The minimum atomic E-state index is -0.627. The molecule has 0 bridgehead atoms. The molecule has 0 saturated heterocycles. The van der Waals surface area contributed by atoms with E-state index < -0.39 is 11.4 Å². The largest absolute Gasteiger partial charge is 0.484 e. The number of nitrogens with one attached hydrogen (secondary N) is 2. The van der Waals surface area contributed by atoms with E-state index in [4.69, 9.17) is 21.1 Å². The smallest absolute Gasteiger partial charge is 0.258 e. The molecule has 2 amide bonds. The van der Waals surface area contributed by atoms with Gasteiger partial charge in [0.1, 0.15) is 24.0 Å². The number of amides is 2. The van der Waals surface area contributed by atoms with Crippen LogP contribution in [0.5, 0.6) is 5.75 Å². The highest BCUT2D eigenvalue weighted by molar-refractivity contribution is 6.30. The molecule has 32 heavy (non-hydrogen) atoms. The molecule has 0 heterocycles. The molecular formula is C23H23ClF2N2O4. The van der Waals surface area contributed by atoms with Crippen LogP contribution < -0.4 is 15.4 Å². The Kier molecular flexibility index (Phi) is 7.82. The van der Waals surface area contributed by atoms with Gasteiger partial charge in [-0.05, 0) is 49.2 Å². The van der Waals surface area contributed by atoms with Crippen LogP contribution in [0.4, 0.5) is 8.78 Å². The molecule has 1 aliphatic rings. The van der Waals surface area contributed by atoms with E-state index in [0.29, 0.717) is 25.1 Å². The number of rotatable bonds is 10. The van der Waals surface area contributed by atoms with Crippen LogP contribution >= 0.6 is 11.6 Å². The molecule has 0 fully saturated rings. The molecule has 9 heteroatoms. The van der Waals surface area contributed by atoms with E-state index in [2.05, 4.69) is 10.6 Å². The van der Waals surface area contributed by atoms with Gasteiger partial charge in [-0.15, -0.1) is 0 Å². The third-order valence-electron chi connectivity index (χ3n) is 4.72. The fourth-order valence-electron chi connectivity index (χ4n) is 3.20. The van der Waals surface area contributed by atoms with Gasteiger partial charge in [-0.25, -0.2) is 8.78 Å². The second-order valence-corrected chi connectivity index (χ2v) is 8.06. The Morgan fingerprint density at radius 2 is 1.81 bits per heavy atom. The first kappa shape index (κ1) is 23.7. The molecule has 0 radical (unpaired) electrons. The van der Waals surface area contributed by atoms with Crippen molar-refractivity contribution in [3.05, 3.63) is 76.5 Å². The van der Waals surface area contributed by atoms with Crippen molar-refractivity contribution in [3.63, 3.8) is 0 Å². The number of halogens is 3. The molecule has 2 aromatic carbocycles. The van der Waals surface area contributed by atoms with Crippen molar-refractivity contribution >= 4 is 23.4 Å². The SMILES string of the molecule is CC1(NC(=O)COc2ccc(Cl)c(F)c2)C=C(NC(=O)COCCc2ccc(F)cc2)C1. The van der Waals surface area contributed by atoms with Gasteiger partial charge in [-0.2, -0.15) is 0 Å². The predicted molar refractivity (Wildman–Crippen MR) is 115 cm³/mol. The molecule has 170 valence electrons. The zero-order valence-corrected chi connectivity index (χ0v) is 18.2. The van der Waals surface area contributed by atoms with E-state index in [0.717, 1.165) is 11.6 Å². The fourth-order valence-corrected chi connectivity index (χ4v) is 3.32. The van der Waals surface area contributed by atoms with Gasteiger partial charge in [0, 0.05) is 18.2 Å². The Hall–Kier alpha value is -2.97. The first-order valence-electron chi connectivity index (χ1n) is 9.95. The molecule has 1 atom stereocenters. The number of hydrogen-bond acceptors (Lipinski definition) is 4. The van der Waals surface area contributed by atoms with Gasteiger partial charge in [-0.3, -0.25) is 9.59 Å². The zero-order chi connectivity index (χ0) is 23.1. The van der Waals surface area contributed by atoms with Crippen molar-refractivity contribution < 1.29 is 27.8 Å². The molecular weight excluding hydrogens is 442 g/mol. The van der Waals surface area contributed by atoms with Crippen LogP contribution in [0.25, 0.3) is 0 Å². The third kappa shape index (κ3) is 7.03. The minimum Gasteiger partial charge on any atom is -0.484 e. The van der Waals surface area contributed by atoms with Crippen LogP contribution in [0.15, 0.2) is 54.2 Å². The summed E-state index contributed by atoms with van der Waals surface area (Å²) in [6, 6.07) is 10.0. The van der Waals surface area contributed by atoms with Gasteiger partial charge in [0.05, 0.1) is 17.2 Å². The summed E-state index contributed by atoms with van der Waals surface area (Å²) in [6.07, 6.45) is 2.75. The fraction of sp³-hybridized carbons (Fsp3) is 0.304. The molecule has 1 aliphatic carbocycles. The van der Waals surface area contributed by atoms with Gasteiger partial charge < -0.3 is 20.1 Å². The first-order valence-corrected chi connectivity index (χ1v) is 10.3. The van der Waals surface area contributed by atoms with E-state index in [9.17, 15) is 18.4 Å². The quantitative estimate of drug-likeness (QED) is 0.527. The minimum absolute atomic E-state index is 0.0261. The molecule has 2 N–H and O–H groups in total. The summed E-state index contributed by atoms with van der Waals surface area (Å²) in [5.74, 6) is -1.40. The zero-order valence-electron chi connectivity index (χ0n) is 17.4. The maximum absolute atomic E-state index is 13.4. The lowest BCUT2D eigenvalue weighted by Crippen LogP contribution is -2.53. The Morgan fingerprint density at radius 3 is 2.50 bits per heavy atom. The number of ether oxygens (including phenoxy) is 2. The van der Waals surface area contributed by atoms with E-state index in [1.807, 2.05) is 6.92 Å². The Morgan fingerprint density at radius 1 is 1.09 bits per heavy atom. The van der Waals surface area contributed by atoms with Crippen molar-refractivity contribution in [2.75, 3.05) is 19.8 Å². The lowest BCUT2D eigenvalue weighted by molar-refractivity contribution is -0.125. The highest BCUT2D eigenvalue weighted by Gasteiger charge is 2.34. The predicted octanol–water partition coefficient (Wildman–Crippen LogP) is 3.54. The van der Waals surface area contributed by atoms with E-state index in [-0.39, 0.29) is 41.6 Å². The molecule has 0 saturated carbocycles. The molecule has 6 nitrogen and oxygen atoms in total. The topological polar surface area (TPSA) is 76.7 Å². The van der Waals surface area contributed by atoms with Crippen molar-refractivity contribution in [2.45, 2.75) is 25.3 Å². The molecule has 3 rings (SSSR count). The van der Waals surface area contributed by atoms with Crippen molar-refractivity contribution in [2.24, 2.45) is 0 Å². The number of carbonyl (C=O) groups is 2.